The predicted molar refractivity (Wildman–Crippen MR) is 50.2 cm³/mol. The van der Waals surface area contributed by atoms with E-state index >= 15 is 0 Å². The number of hydrogen-bond acceptors (Lipinski definition) is 4. The average Bonchev–Trinajstić information content (AvgIpc) is 2.02. The van der Waals surface area contributed by atoms with Crippen molar-refractivity contribution in [3.05, 3.63) is 0 Å². The van der Waals surface area contributed by atoms with Crippen molar-refractivity contribution in [3.8, 4) is 0 Å². The first kappa shape index (κ1) is 12.8. The topological polar surface area (TPSA) is 104 Å². The molecule has 0 aromatic carbocycles. The number of carbonyl (C=O) groups is 3. The van der Waals surface area contributed by atoms with Gasteiger partial charge in [-0.25, -0.2) is 0 Å². The molecule has 0 aromatic rings. The number of carboxylic acids is 2. The molecule has 3 N–H and O–H groups in total. The maximum absolute atomic E-state index is 11.0. The van der Waals surface area contributed by atoms with Crippen molar-refractivity contribution in [3.63, 3.8) is 0 Å². The Hall–Kier alpha value is -1.24. The molecular formula is C7H11NO5S. The molecule has 0 saturated carbocycles. The van der Waals surface area contributed by atoms with Crippen LogP contribution in [0.1, 0.15) is 6.92 Å². The zero-order chi connectivity index (χ0) is 11.1. The zero-order valence-corrected chi connectivity index (χ0v) is 8.34. The zero-order valence-electron chi connectivity index (χ0n) is 7.52. The van der Waals surface area contributed by atoms with Crippen molar-refractivity contribution in [1.29, 1.82) is 0 Å². The lowest BCUT2D eigenvalue weighted by molar-refractivity contribution is -0.141. The third kappa shape index (κ3) is 6.30. The van der Waals surface area contributed by atoms with Gasteiger partial charge >= 0.3 is 11.9 Å². The lowest BCUT2D eigenvalue weighted by atomic mass is 10.3. The fourth-order valence-electron chi connectivity index (χ4n) is 0.576. The summed E-state index contributed by atoms with van der Waals surface area (Å²) in [5.41, 5.74) is 0. The van der Waals surface area contributed by atoms with Crippen molar-refractivity contribution < 1.29 is 24.6 Å². The Morgan fingerprint density at radius 3 is 2.29 bits per heavy atom. The van der Waals surface area contributed by atoms with E-state index in [-0.39, 0.29) is 11.5 Å². The summed E-state index contributed by atoms with van der Waals surface area (Å²) in [7, 11) is 0. The standard InChI is InChI=1S/C7H11NO5S/c1-4(7(12)13)8-5(9)2-14-3-6(10)11/h4H,2-3H2,1H3,(H,8,9)(H,10,11)(H,12,13). The van der Waals surface area contributed by atoms with Gasteiger partial charge in [0.25, 0.3) is 0 Å². The molecule has 0 rings (SSSR count). The molecule has 0 heterocycles. The van der Waals surface area contributed by atoms with Crippen LogP contribution in [0.3, 0.4) is 0 Å². The molecule has 0 aromatic heterocycles. The monoisotopic (exact) mass is 221 g/mol. The Morgan fingerprint density at radius 1 is 1.29 bits per heavy atom. The van der Waals surface area contributed by atoms with E-state index in [0.29, 0.717) is 0 Å². The van der Waals surface area contributed by atoms with Crippen LogP contribution in [0.25, 0.3) is 0 Å². The molecule has 0 spiro atoms. The Kier molecular flexibility index (Phi) is 5.70. The van der Waals surface area contributed by atoms with Crippen LogP contribution in [-0.2, 0) is 14.4 Å². The predicted octanol–water partition coefficient (Wildman–Crippen LogP) is -0.606. The van der Waals surface area contributed by atoms with E-state index < -0.39 is 23.9 Å². The van der Waals surface area contributed by atoms with Gasteiger partial charge in [-0.3, -0.25) is 14.4 Å². The number of hydrogen-bond donors (Lipinski definition) is 3. The minimum Gasteiger partial charge on any atom is -0.481 e. The van der Waals surface area contributed by atoms with Crippen molar-refractivity contribution in [2.45, 2.75) is 13.0 Å². The van der Waals surface area contributed by atoms with E-state index in [1.54, 1.807) is 0 Å². The molecule has 1 unspecified atom stereocenters. The third-order valence-electron chi connectivity index (χ3n) is 1.21. The number of aliphatic carboxylic acids is 2. The van der Waals surface area contributed by atoms with E-state index in [1.807, 2.05) is 0 Å². The van der Waals surface area contributed by atoms with E-state index in [2.05, 4.69) is 5.32 Å². The second kappa shape index (κ2) is 6.25. The van der Waals surface area contributed by atoms with Crippen LogP contribution in [-0.4, -0.2) is 45.6 Å². The summed E-state index contributed by atoms with van der Waals surface area (Å²) >= 11 is 0.919. The summed E-state index contributed by atoms with van der Waals surface area (Å²) < 4.78 is 0. The van der Waals surface area contributed by atoms with Crippen LogP contribution in [0, 0.1) is 0 Å². The first-order chi connectivity index (χ1) is 6.43. The van der Waals surface area contributed by atoms with Crippen molar-refractivity contribution in [1.82, 2.24) is 5.32 Å². The van der Waals surface area contributed by atoms with Crippen LogP contribution in [0.15, 0.2) is 0 Å². The molecular weight excluding hydrogens is 210 g/mol. The molecule has 1 atom stereocenters. The Morgan fingerprint density at radius 2 is 1.86 bits per heavy atom. The molecule has 0 aliphatic rings. The molecule has 0 bridgehead atoms. The van der Waals surface area contributed by atoms with Crippen molar-refractivity contribution in [2.75, 3.05) is 11.5 Å². The number of amides is 1. The first-order valence-corrected chi connectivity index (χ1v) is 4.90. The smallest absolute Gasteiger partial charge is 0.325 e. The average molecular weight is 221 g/mol. The highest BCUT2D eigenvalue weighted by atomic mass is 32.2. The summed E-state index contributed by atoms with van der Waals surface area (Å²) in [6.45, 7) is 1.34. The van der Waals surface area contributed by atoms with E-state index in [4.69, 9.17) is 10.2 Å². The minimum atomic E-state index is -1.12. The fourth-order valence-corrected chi connectivity index (χ4v) is 1.12. The highest BCUT2D eigenvalue weighted by Crippen LogP contribution is 1.98. The fraction of sp³-hybridized carbons (Fsp3) is 0.571. The van der Waals surface area contributed by atoms with Crippen LogP contribution in [0.4, 0.5) is 0 Å². The Balaban J connectivity index is 3.65. The SMILES string of the molecule is CC(NC(=O)CSCC(=O)O)C(=O)O. The summed E-state index contributed by atoms with van der Waals surface area (Å²) in [5.74, 6) is -2.83. The number of nitrogens with one attached hydrogen (secondary N) is 1. The van der Waals surface area contributed by atoms with Gasteiger partial charge in [0.2, 0.25) is 5.91 Å². The summed E-state index contributed by atoms with van der Waals surface area (Å²) in [6, 6.07) is -0.951. The highest BCUT2D eigenvalue weighted by molar-refractivity contribution is 8.00. The van der Waals surface area contributed by atoms with Crippen LogP contribution in [0.5, 0.6) is 0 Å². The second-order valence-electron chi connectivity index (χ2n) is 2.51. The largest absolute Gasteiger partial charge is 0.481 e. The van der Waals surface area contributed by atoms with Crippen LogP contribution >= 0.6 is 11.8 Å². The molecule has 7 heteroatoms. The second-order valence-corrected chi connectivity index (χ2v) is 3.50. The Bertz CT molecular complexity index is 242. The molecule has 0 fully saturated rings. The molecule has 0 aliphatic heterocycles. The molecule has 80 valence electrons. The molecule has 0 saturated heterocycles. The van der Waals surface area contributed by atoms with Crippen molar-refractivity contribution >= 4 is 29.6 Å². The lowest BCUT2D eigenvalue weighted by Crippen LogP contribution is -2.39. The minimum absolute atomic E-state index is 0.0517. The van der Waals surface area contributed by atoms with Gasteiger partial charge in [0.15, 0.2) is 0 Å². The maximum atomic E-state index is 11.0. The molecule has 6 nitrogen and oxygen atoms in total. The number of rotatable bonds is 6. The maximum Gasteiger partial charge on any atom is 0.325 e. The van der Waals surface area contributed by atoms with Gasteiger partial charge in [-0.15, -0.1) is 11.8 Å². The lowest BCUT2D eigenvalue weighted by Gasteiger charge is -2.07. The van der Waals surface area contributed by atoms with E-state index in [9.17, 15) is 14.4 Å². The van der Waals surface area contributed by atoms with Gasteiger partial charge in [0.1, 0.15) is 6.04 Å². The normalized spacial score (nSPS) is 11.8. The quantitative estimate of drug-likeness (QED) is 0.553. The van der Waals surface area contributed by atoms with Gasteiger partial charge in [-0.05, 0) is 6.92 Å². The van der Waals surface area contributed by atoms with Gasteiger partial charge < -0.3 is 15.5 Å². The molecule has 0 radical (unpaired) electrons. The summed E-state index contributed by atoms with van der Waals surface area (Å²) in [6.07, 6.45) is 0. The first-order valence-electron chi connectivity index (χ1n) is 3.75. The van der Waals surface area contributed by atoms with Gasteiger partial charge in [-0.2, -0.15) is 0 Å². The number of carboxylic acid groups (broad SMARTS) is 2. The Labute approximate surface area is 84.7 Å². The van der Waals surface area contributed by atoms with Gasteiger partial charge in [-0.1, -0.05) is 0 Å². The highest BCUT2D eigenvalue weighted by Gasteiger charge is 2.13. The molecule has 0 aliphatic carbocycles. The number of thioether (sulfide) groups is 1. The molecule has 1 amide bonds. The van der Waals surface area contributed by atoms with Gasteiger partial charge in [0, 0.05) is 0 Å². The van der Waals surface area contributed by atoms with Gasteiger partial charge in [0.05, 0.1) is 11.5 Å². The van der Waals surface area contributed by atoms with E-state index in [1.165, 1.54) is 6.92 Å². The summed E-state index contributed by atoms with van der Waals surface area (Å²) in [5, 5.41) is 18.9. The number of carbonyl (C=O) groups excluding carboxylic acids is 1. The van der Waals surface area contributed by atoms with Crippen LogP contribution in [0.2, 0.25) is 0 Å². The van der Waals surface area contributed by atoms with Crippen LogP contribution < -0.4 is 5.32 Å². The van der Waals surface area contributed by atoms with Crippen molar-refractivity contribution in [2.24, 2.45) is 0 Å². The summed E-state index contributed by atoms with van der Waals surface area (Å²) in [4.78, 5) is 31.3. The third-order valence-corrected chi connectivity index (χ3v) is 2.12. The van der Waals surface area contributed by atoms with E-state index in [0.717, 1.165) is 11.8 Å². The molecule has 14 heavy (non-hydrogen) atoms.